The van der Waals surface area contributed by atoms with Crippen LogP contribution in [-0.2, 0) is 16.4 Å². The summed E-state index contributed by atoms with van der Waals surface area (Å²) in [5, 5.41) is 15.3. The molecule has 0 saturated carbocycles. The number of aromatic nitrogens is 2. The number of hydrogen-bond donors (Lipinski definition) is 3. The molecule has 3 rings (SSSR count). The highest BCUT2D eigenvalue weighted by molar-refractivity contribution is 7.93. The van der Waals surface area contributed by atoms with E-state index < -0.39 is 21.9 Å². The predicted molar refractivity (Wildman–Crippen MR) is 106 cm³/mol. The first-order valence-corrected chi connectivity index (χ1v) is 10.9. The Balaban J connectivity index is 2.25. The van der Waals surface area contributed by atoms with Crippen LogP contribution in [0.3, 0.4) is 0 Å². The van der Waals surface area contributed by atoms with E-state index in [1.807, 2.05) is 19.1 Å². The lowest BCUT2D eigenvalue weighted by Gasteiger charge is -2.13. The topological polar surface area (TPSA) is 118 Å². The minimum atomic E-state index is -4.05. The fraction of sp³-hybridized carbons (Fsp3) is 0.278. The highest BCUT2D eigenvalue weighted by atomic mass is 32.2. The van der Waals surface area contributed by atoms with Crippen molar-refractivity contribution >= 4 is 27.7 Å². The van der Waals surface area contributed by atoms with Gasteiger partial charge in [-0.25, -0.2) is 22.9 Å². The molecule has 0 bridgehead atoms. The zero-order valence-corrected chi connectivity index (χ0v) is 16.9. The maximum Gasteiger partial charge on any atom is 0.238 e. The highest BCUT2D eigenvalue weighted by Crippen LogP contribution is 2.32. The number of hydrogen-bond acceptors (Lipinski definition) is 6. The summed E-state index contributed by atoms with van der Waals surface area (Å²) in [5.41, 5.74) is 2.90. The van der Waals surface area contributed by atoms with Gasteiger partial charge in [0.2, 0.25) is 10.0 Å². The fourth-order valence-electron chi connectivity index (χ4n) is 3.14. The van der Waals surface area contributed by atoms with Gasteiger partial charge in [-0.2, -0.15) is 0 Å². The third-order valence-electron chi connectivity index (χ3n) is 4.40. The number of halogens is 1. The van der Waals surface area contributed by atoms with Crippen molar-refractivity contribution in [3.8, 4) is 11.3 Å². The first-order chi connectivity index (χ1) is 13.1. The number of nitrogens with zero attached hydrogens (tertiary/aromatic N) is 2. The Morgan fingerprint density at radius 1 is 1.32 bits per heavy atom. The molecule has 3 aromatic rings. The monoisotopic (exact) mass is 425 g/mol. The van der Waals surface area contributed by atoms with Crippen LogP contribution < -0.4 is 5.14 Å². The third kappa shape index (κ3) is 4.06. The summed E-state index contributed by atoms with van der Waals surface area (Å²) in [6.07, 6.45) is 1.03. The summed E-state index contributed by atoms with van der Waals surface area (Å²) in [7, 11) is -4.05. The number of sulfonamides is 1. The Morgan fingerprint density at radius 3 is 2.64 bits per heavy atom. The first kappa shape index (κ1) is 20.7. The molecule has 28 heavy (non-hydrogen) atoms. The summed E-state index contributed by atoms with van der Waals surface area (Å²) >= 11 is 0.518. The van der Waals surface area contributed by atoms with Gasteiger partial charge in [-0.15, -0.1) is 0 Å². The van der Waals surface area contributed by atoms with E-state index in [1.165, 1.54) is 6.07 Å². The Hall–Kier alpha value is -1.98. The maximum absolute atomic E-state index is 14.9. The standard InChI is InChI=1S/C18H20FN3O4S2/c1-10-3-4-22-15(7-12(23)9-27-24)18(21-16(22)5-10)17-11(2)6-13(8-14(17)19)28(20,25)26/h3-6,8,12,23-24H,7,9H2,1-2H3,(H2,20,25,26). The molecule has 0 aliphatic carbocycles. The van der Waals surface area contributed by atoms with Gasteiger partial charge in [0.25, 0.3) is 0 Å². The van der Waals surface area contributed by atoms with Crippen molar-refractivity contribution in [2.45, 2.75) is 31.3 Å². The zero-order chi connectivity index (χ0) is 20.6. The maximum atomic E-state index is 14.9. The van der Waals surface area contributed by atoms with E-state index in [9.17, 15) is 17.9 Å². The van der Waals surface area contributed by atoms with Crippen LogP contribution >= 0.6 is 12.0 Å². The van der Waals surface area contributed by atoms with Crippen LogP contribution in [-0.4, -0.2) is 39.3 Å². The van der Waals surface area contributed by atoms with Gasteiger partial charge in [-0.05, 0) is 61.3 Å². The Bertz CT molecular complexity index is 1120. The van der Waals surface area contributed by atoms with Crippen molar-refractivity contribution in [2.24, 2.45) is 5.14 Å². The second kappa shape index (κ2) is 7.80. The summed E-state index contributed by atoms with van der Waals surface area (Å²) in [4.78, 5) is 4.22. The average Bonchev–Trinajstić information content (AvgIpc) is 2.90. The van der Waals surface area contributed by atoms with Gasteiger partial charge in [-0.3, -0.25) is 0 Å². The van der Waals surface area contributed by atoms with Crippen LogP contribution in [0.2, 0.25) is 0 Å². The molecule has 2 heterocycles. The lowest BCUT2D eigenvalue weighted by Crippen LogP contribution is -2.16. The second-order valence-corrected chi connectivity index (χ2v) is 8.79. The summed E-state index contributed by atoms with van der Waals surface area (Å²) in [6, 6.07) is 5.86. The van der Waals surface area contributed by atoms with Gasteiger partial charge in [-0.1, -0.05) is 0 Å². The number of aryl methyl sites for hydroxylation is 2. The molecule has 0 radical (unpaired) electrons. The summed E-state index contributed by atoms with van der Waals surface area (Å²) < 4.78 is 48.8. The van der Waals surface area contributed by atoms with E-state index in [0.717, 1.165) is 11.6 Å². The number of benzene rings is 1. The molecule has 2 aromatic heterocycles. The molecule has 150 valence electrons. The summed E-state index contributed by atoms with van der Waals surface area (Å²) in [6.45, 7) is 3.48. The van der Waals surface area contributed by atoms with E-state index in [4.69, 9.17) is 9.69 Å². The van der Waals surface area contributed by atoms with E-state index in [-0.39, 0.29) is 22.6 Å². The third-order valence-corrected chi connectivity index (χ3v) is 5.83. The fourth-order valence-corrected chi connectivity index (χ4v) is 4.04. The molecule has 0 saturated heterocycles. The molecule has 4 N–H and O–H groups in total. The molecule has 1 aromatic carbocycles. The number of aliphatic hydroxyl groups is 1. The lowest BCUT2D eigenvalue weighted by atomic mass is 10.0. The minimum Gasteiger partial charge on any atom is -0.392 e. The Kier molecular flexibility index (Phi) is 5.78. The molecule has 1 atom stereocenters. The van der Waals surface area contributed by atoms with Gasteiger partial charge in [0.05, 0.1) is 22.4 Å². The van der Waals surface area contributed by atoms with E-state index >= 15 is 0 Å². The molecule has 0 spiro atoms. The van der Waals surface area contributed by atoms with Gasteiger partial charge in [0.15, 0.2) is 0 Å². The number of imidazole rings is 1. The Morgan fingerprint density at radius 2 is 2.04 bits per heavy atom. The molecule has 1 unspecified atom stereocenters. The number of fused-ring (bicyclic) bond motifs is 1. The molecule has 0 aliphatic rings. The van der Waals surface area contributed by atoms with Crippen molar-refractivity contribution in [3.63, 3.8) is 0 Å². The van der Waals surface area contributed by atoms with Crippen LogP contribution in [0.25, 0.3) is 16.9 Å². The van der Waals surface area contributed by atoms with Crippen LogP contribution in [0, 0.1) is 19.7 Å². The molecular weight excluding hydrogens is 405 g/mol. The smallest absolute Gasteiger partial charge is 0.238 e. The van der Waals surface area contributed by atoms with Crippen molar-refractivity contribution in [3.05, 3.63) is 53.1 Å². The van der Waals surface area contributed by atoms with Crippen molar-refractivity contribution in [2.75, 3.05) is 5.75 Å². The number of primary sulfonamides is 1. The van der Waals surface area contributed by atoms with Crippen molar-refractivity contribution < 1.29 is 22.5 Å². The van der Waals surface area contributed by atoms with Crippen molar-refractivity contribution in [1.29, 1.82) is 0 Å². The van der Waals surface area contributed by atoms with E-state index in [2.05, 4.69) is 4.98 Å². The van der Waals surface area contributed by atoms with Gasteiger partial charge in [0.1, 0.15) is 11.5 Å². The number of pyridine rings is 1. The predicted octanol–water partition coefficient (Wildman–Crippen LogP) is 2.51. The average molecular weight is 426 g/mol. The first-order valence-electron chi connectivity index (χ1n) is 8.37. The molecular formula is C18H20FN3O4S2. The van der Waals surface area contributed by atoms with E-state index in [0.29, 0.717) is 34.6 Å². The highest BCUT2D eigenvalue weighted by Gasteiger charge is 2.23. The largest absolute Gasteiger partial charge is 0.392 e. The molecule has 7 nitrogen and oxygen atoms in total. The quantitative estimate of drug-likeness (QED) is 0.522. The molecule has 0 aliphatic heterocycles. The minimum absolute atomic E-state index is 0.0877. The number of rotatable bonds is 6. The van der Waals surface area contributed by atoms with Crippen LogP contribution in [0.5, 0.6) is 0 Å². The normalized spacial score (nSPS) is 13.2. The van der Waals surface area contributed by atoms with Crippen LogP contribution in [0.1, 0.15) is 16.8 Å². The molecule has 10 heteroatoms. The zero-order valence-electron chi connectivity index (χ0n) is 15.3. The lowest BCUT2D eigenvalue weighted by molar-refractivity contribution is 0.197. The number of nitrogens with two attached hydrogens (primary N) is 1. The Labute approximate surface area is 166 Å². The van der Waals surface area contributed by atoms with E-state index in [1.54, 1.807) is 17.5 Å². The second-order valence-electron chi connectivity index (χ2n) is 6.64. The van der Waals surface area contributed by atoms with Gasteiger partial charge < -0.3 is 14.1 Å². The van der Waals surface area contributed by atoms with Crippen LogP contribution in [0.4, 0.5) is 4.39 Å². The number of aliphatic hydroxyl groups excluding tert-OH is 1. The van der Waals surface area contributed by atoms with Crippen LogP contribution in [0.15, 0.2) is 35.4 Å². The molecule has 0 fully saturated rings. The SMILES string of the molecule is Cc1ccn2c(CC(O)CSO)c(-c3c(C)cc(S(N)(=O)=O)cc3F)nc2c1. The summed E-state index contributed by atoms with van der Waals surface area (Å²) in [5.74, 6) is -0.680. The van der Waals surface area contributed by atoms with Crippen molar-refractivity contribution in [1.82, 2.24) is 9.38 Å². The molecule has 0 amide bonds. The van der Waals surface area contributed by atoms with Gasteiger partial charge >= 0.3 is 0 Å². The van der Waals surface area contributed by atoms with Gasteiger partial charge in [0, 0.05) is 23.9 Å².